The quantitative estimate of drug-likeness (QED) is 0.518. The Kier molecular flexibility index (Phi) is 9.19. The first-order valence-corrected chi connectivity index (χ1v) is 12.2. The largest absolute Gasteiger partial charge is 0.497 e. The van der Waals surface area contributed by atoms with Gasteiger partial charge in [0.15, 0.2) is 11.5 Å². The molecule has 0 aliphatic rings. The summed E-state index contributed by atoms with van der Waals surface area (Å²) in [4.78, 5) is 12.3. The van der Waals surface area contributed by atoms with E-state index in [9.17, 15) is 13.2 Å². The number of carbonyl (C=O) groups is 1. The molecule has 2 aromatic carbocycles. The zero-order chi connectivity index (χ0) is 23.7. The van der Waals surface area contributed by atoms with E-state index in [1.54, 1.807) is 38.5 Å². The van der Waals surface area contributed by atoms with E-state index in [-0.39, 0.29) is 25.0 Å². The van der Waals surface area contributed by atoms with Crippen LogP contribution in [0.5, 0.6) is 17.2 Å². The molecule has 8 nitrogen and oxygen atoms in total. The van der Waals surface area contributed by atoms with Gasteiger partial charge in [-0.2, -0.15) is 0 Å². The zero-order valence-corrected chi connectivity index (χ0v) is 20.1. The van der Waals surface area contributed by atoms with E-state index >= 15 is 0 Å². The standard InChI is InChI=1S/C23H32N2O6S/c1-17(2)31-21-13-8-18(15-22(21)30-4)16-24-23(26)7-6-14-25(32(5,27)28)19-9-11-20(29-3)12-10-19/h8-13,15,17H,6-7,14,16H2,1-5H3,(H,24,26). The summed E-state index contributed by atoms with van der Waals surface area (Å²) >= 11 is 0. The smallest absolute Gasteiger partial charge is 0.232 e. The van der Waals surface area contributed by atoms with Crippen molar-refractivity contribution >= 4 is 21.6 Å². The number of hydrogen-bond donors (Lipinski definition) is 1. The highest BCUT2D eigenvalue weighted by molar-refractivity contribution is 7.92. The summed E-state index contributed by atoms with van der Waals surface area (Å²) in [5.41, 5.74) is 1.41. The van der Waals surface area contributed by atoms with Crippen molar-refractivity contribution in [2.45, 2.75) is 39.3 Å². The first-order valence-electron chi connectivity index (χ1n) is 10.4. The number of carbonyl (C=O) groups excluding carboxylic acids is 1. The number of nitrogens with one attached hydrogen (secondary N) is 1. The number of nitrogens with zero attached hydrogens (tertiary/aromatic N) is 1. The molecule has 32 heavy (non-hydrogen) atoms. The van der Waals surface area contributed by atoms with Gasteiger partial charge in [-0.05, 0) is 62.2 Å². The van der Waals surface area contributed by atoms with Crippen molar-refractivity contribution in [1.82, 2.24) is 5.32 Å². The van der Waals surface area contributed by atoms with Gasteiger partial charge in [-0.25, -0.2) is 8.42 Å². The molecule has 0 spiro atoms. The topological polar surface area (TPSA) is 94.2 Å². The van der Waals surface area contributed by atoms with Crippen LogP contribution in [-0.2, 0) is 21.4 Å². The Morgan fingerprint density at radius 2 is 1.72 bits per heavy atom. The third-order valence-electron chi connectivity index (χ3n) is 4.61. The van der Waals surface area contributed by atoms with Crippen LogP contribution < -0.4 is 23.8 Å². The fraction of sp³-hybridized carbons (Fsp3) is 0.435. The Morgan fingerprint density at radius 3 is 2.28 bits per heavy atom. The van der Waals surface area contributed by atoms with Crippen LogP contribution in [0.25, 0.3) is 0 Å². The Hall–Kier alpha value is -2.94. The van der Waals surface area contributed by atoms with E-state index in [4.69, 9.17) is 14.2 Å². The van der Waals surface area contributed by atoms with E-state index in [2.05, 4.69) is 5.32 Å². The van der Waals surface area contributed by atoms with Crippen LogP contribution in [0.3, 0.4) is 0 Å². The third kappa shape index (κ3) is 7.64. The lowest BCUT2D eigenvalue weighted by molar-refractivity contribution is -0.121. The third-order valence-corrected chi connectivity index (χ3v) is 5.80. The minimum absolute atomic E-state index is 0.0267. The minimum Gasteiger partial charge on any atom is -0.497 e. The number of sulfonamides is 1. The number of anilines is 1. The molecule has 0 fully saturated rings. The average Bonchev–Trinajstić information content (AvgIpc) is 2.75. The summed E-state index contributed by atoms with van der Waals surface area (Å²) in [6.07, 6.45) is 1.76. The number of amides is 1. The van der Waals surface area contributed by atoms with Gasteiger partial charge in [0.25, 0.3) is 0 Å². The van der Waals surface area contributed by atoms with Gasteiger partial charge in [-0.1, -0.05) is 6.07 Å². The van der Waals surface area contributed by atoms with Crippen LogP contribution in [0.2, 0.25) is 0 Å². The molecule has 0 bridgehead atoms. The zero-order valence-electron chi connectivity index (χ0n) is 19.3. The molecule has 1 N–H and O–H groups in total. The van der Waals surface area contributed by atoms with Crippen molar-refractivity contribution in [2.24, 2.45) is 0 Å². The summed E-state index contributed by atoms with van der Waals surface area (Å²) in [5, 5.41) is 2.86. The lowest BCUT2D eigenvalue weighted by Crippen LogP contribution is -2.32. The van der Waals surface area contributed by atoms with Crippen molar-refractivity contribution in [2.75, 3.05) is 31.3 Å². The molecule has 0 unspecified atom stereocenters. The van der Waals surface area contributed by atoms with Gasteiger partial charge in [0.1, 0.15) is 5.75 Å². The monoisotopic (exact) mass is 464 g/mol. The average molecular weight is 465 g/mol. The molecule has 0 saturated carbocycles. The molecular weight excluding hydrogens is 432 g/mol. The molecule has 0 aromatic heterocycles. The van der Waals surface area contributed by atoms with Gasteiger partial charge in [0, 0.05) is 19.5 Å². The summed E-state index contributed by atoms with van der Waals surface area (Å²) in [6, 6.07) is 12.3. The highest BCUT2D eigenvalue weighted by atomic mass is 32.2. The summed E-state index contributed by atoms with van der Waals surface area (Å²) in [7, 11) is -0.358. The first-order chi connectivity index (χ1) is 15.1. The molecule has 0 atom stereocenters. The Morgan fingerprint density at radius 1 is 1.03 bits per heavy atom. The molecule has 2 aromatic rings. The van der Waals surface area contributed by atoms with E-state index in [0.717, 1.165) is 11.8 Å². The van der Waals surface area contributed by atoms with Crippen molar-refractivity contribution < 1.29 is 27.4 Å². The van der Waals surface area contributed by atoms with Crippen molar-refractivity contribution in [3.05, 3.63) is 48.0 Å². The maximum Gasteiger partial charge on any atom is 0.232 e. The van der Waals surface area contributed by atoms with Crippen LogP contribution in [0.4, 0.5) is 5.69 Å². The van der Waals surface area contributed by atoms with E-state index in [1.807, 2.05) is 32.0 Å². The first kappa shape index (κ1) is 25.3. The van der Waals surface area contributed by atoms with Crippen molar-refractivity contribution in [3.63, 3.8) is 0 Å². The molecule has 2 rings (SSSR count). The highest BCUT2D eigenvalue weighted by Crippen LogP contribution is 2.29. The molecule has 0 aliphatic carbocycles. The van der Waals surface area contributed by atoms with Gasteiger partial charge in [0.05, 0.1) is 32.3 Å². The lowest BCUT2D eigenvalue weighted by Gasteiger charge is -2.22. The predicted octanol–water partition coefficient (Wildman–Crippen LogP) is 3.35. The molecule has 0 saturated heterocycles. The number of hydrogen-bond acceptors (Lipinski definition) is 6. The SMILES string of the molecule is COc1ccc(N(CCCC(=O)NCc2ccc(OC(C)C)c(OC)c2)S(C)(=O)=O)cc1. The van der Waals surface area contributed by atoms with Gasteiger partial charge in [0.2, 0.25) is 15.9 Å². The lowest BCUT2D eigenvalue weighted by atomic mass is 10.2. The molecule has 1 amide bonds. The molecule has 176 valence electrons. The maximum absolute atomic E-state index is 12.3. The van der Waals surface area contributed by atoms with Gasteiger partial charge < -0.3 is 19.5 Å². The molecular formula is C23H32N2O6S. The van der Waals surface area contributed by atoms with Crippen LogP contribution in [0.15, 0.2) is 42.5 Å². The minimum atomic E-state index is -3.48. The molecule has 0 heterocycles. The van der Waals surface area contributed by atoms with Crippen molar-refractivity contribution in [1.29, 1.82) is 0 Å². The number of ether oxygens (including phenoxy) is 3. The highest BCUT2D eigenvalue weighted by Gasteiger charge is 2.18. The van der Waals surface area contributed by atoms with E-state index < -0.39 is 10.0 Å². The van der Waals surface area contributed by atoms with E-state index in [0.29, 0.717) is 35.9 Å². The van der Waals surface area contributed by atoms with Gasteiger partial charge in [-0.3, -0.25) is 9.10 Å². The Labute approximate surface area is 190 Å². The van der Waals surface area contributed by atoms with Crippen LogP contribution in [0.1, 0.15) is 32.3 Å². The second kappa shape index (κ2) is 11.6. The fourth-order valence-electron chi connectivity index (χ4n) is 3.08. The number of benzene rings is 2. The summed E-state index contributed by atoms with van der Waals surface area (Å²) < 4.78 is 41.9. The maximum atomic E-state index is 12.3. The second-order valence-corrected chi connectivity index (χ2v) is 9.47. The number of methoxy groups -OCH3 is 2. The number of rotatable bonds is 12. The molecule has 0 radical (unpaired) electrons. The second-order valence-electron chi connectivity index (χ2n) is 7.57. The van der Waals surface area contributed by atoms with Crippen LogP contribution in [-0.4, -0.2) is 47.4 Å². The van der Waals surface area contributed by atoms with E-state index in [1.165, 1.54) is 4.31 Å². The summed E-state index contributed by atoms with van der Waals surface area (Å²) in [6.45, 7) is 4.42. The fourth-order valence-corrected chi connectivity index (χ4v) is 4.05. The van der Waals surface area contributed by atoms with Gasteiger partial charge in [-0.15, -0.1) is 0 Å². The molecule has 0 aliphatic heterocycles. The van der Waals surface area contributed by atoms with Crippen LogP contribution >= 0.6 is 0 Å². The van der Waals surface area contributed by atoms with Crippen LogP contribution in [0, 0.1) is 0 Å². The predicted molar refractivity (Wildman–Crippen MR) is 125 cm³/mol. The Balaban J connectivity index is 1.90. The molecule has 9 heteroatoms. The summed E-state index contributed by atoms with van der Waals surface area (Å²) in [5.74, 6) is 1.74. The normalized spacial score (nSPS) is 11.2. The van der Waals surface area contributed by atoms with Crippen molar-refractivity contribution in [3.8, 4) is 17.2 Å². The Bertz CT molecular complexity index is 990. The van der Waals surface area contributed by atoms with Gasteiger partial charge >= 0.3 is 0 Å².